The van der Waals surface area contributed by atoms with Gasteiger partial charge in [-0.3, -0.25) is 4.79 Å². The summed E-state index contributed by atoms with van der Waals surface area (Å²) in [5.74, 6) is 1.20. The number of amides is 2. The van der Waals surface area contributed by atoms with Crippen LogP contribution in [-0.2, 0) is 9.53 Å². The van der Waals surface area contributed by atoms with Crippen LogP contribution >= 0.6 is 0 Å². The maximum Gasteiger partial charge on any atom is 0.410 e. The van der Waals surface area contributed by atoms with Gasteiger partial charge < -0.3 is 15.0 Å². The molecule has 2 amide bonds. The van der Waals surface area contributed by atoms with Gasteiger partial charge in [-0.25, -0.2) is 4.79 Å². The minimum Gasteiger partial charge on any atom is -0.444 e. The van der Waals surface area contributed by atoms with E-state index in [0.29, 0.717) is 18.3 Å². The molecule has 2 heterocycles. The first-order chi connectivity index (χ1) is 9.83. The molecular formula is C16H28N2O3. The molecule has 2 aliphatic rings. The normalized spacial score (nSPS) is 26.6. The van der Waals surface area contributed by atoms with E-state index in [1.54, 1.807) is 0 Å². The second-order valence-electron chi connectivity index (χ2n) is 7.39. The van der Waals surface area contributed by atoms with Crippen molar-refractivity contribution < 1.29 is 14.3 Å². The third kappa shape index (κ3) is 5.21. The van der Waals surface area contributed by atoms with Gasteiger partial charge in [-0.1, -0.05) is 0 Å². The zero-order chi connectivity index (χ0) is 15.5. The lowest BCUT2D eigenvalue weighted by Gasteiger charge is -2.34. The number of likely N-dealkylation sites (tertiary alicyclic amines) is 1. The standard InChI is InChI=1S/C16H28N2O3/c1-16(2,3)21-15(20)18-8-4-5-12(11-18)6-7-13-9-14(19)17-10-13/h12-13H,4-11H2,1-3H3,(H,17,19). The molecule has 0 spiro atoms. The maximum atomic E-state index is 12.1. The average Bonchev–Trinajstić information content (AvgIpc) is 2.81. The van der Waals surface area contributed by atoms with E-state index in [2.05, 4.69) is 5.32 Å². The number of nitrogens with one attached hydrogen (secondary N) is 1. The molecule has 0 saturated carbocycles. The molecule has 120 valence electrons. The number of piperidine rings is 1. The molecule has 21 heavy (non-hydrogen) atoms. The van der Waals surface area contributed by atoms with Crippen molar-refractivity contribution in [2.45, 2.75) is 58.5 Å². The second kappa shape index (κ2) is 6.67. The van der Waals surface area contributed by atoms with Gasteiger partial charge in [-0.2, -0.15) is 0 Å². The Kier molecular flexibility index (Phi) is 5.12. The number of hydrogen-bond donors (Lipinski definition) is 1. The van der Waals surface area contributed by atoms with E-state index in [0.717, 1.165) is 38.9 Å². The van der Waals surface area contributed by atoms with Crippen molar-refractivity contribution in [2.75, 3.05) is 19.6 Å². The second-order valence-corrected chi connectivity index (χ2v) is 7.39. The third-order valence-electron chi connectivity index (χ3n) is 4.22. The minimum absolute atomic E-state index is 0.180. The highest BCUT2D eigenvalue weighted by Gasteiger charge is 2.29. The predicted octanol–water partition coefficient (Wildman–Crippen LogP) is 2.55. The summed E-state index contributed by atoms with van der Waals surface area (Å²) in [6, 6.07) is 0. The van der Waals surface area contributed by atoms with E-state index in [1.165, 1.54) is 6.42 Å². The number of carbonyl (C=O) groups excluding carboxylic acids is 2. The predicted molar refractivity (Wildman–Crippen MR) is 80.9 cm³/mol. The fourth-order valence-corrected chi connectivity index (χ4v) is 3.13. The molecule has 2 aliphatic heterocycles. The molecule has 2 rings (SSSR count). The smallest absolute Gasteiger partial charge is 0.410 e. The lowest BCUT2D eigenvalue weighted by atomic mass is 9.89. The summed E-state index contributed by atoms with van der Waals surface area (Å²) in [6.45, 7) is 8.11. The molecular weight excluding hydrogens is 268 g/mol. The summed E-state index contributed by atoms with van der Waals surface area (Å²) in [6.07, 6.45) is 4.87. The van der Waals surface area contributed by atoms with Gasteiger partial charge in [0.05, 0.1) is 0 Å². The third-order valence-corrected chi connectivity index (χ3v) is 4.22. The van der Waals surface area contributed by atoms with E-state index in [1.807, 2.05) is 25.7 Å². The van der Waals surface area contributed by atoms with E-state index < -0.39 is 5.60 Å². The van der Waals surface area contributed by atoms with Gasteiger partial charge in [-0.05, 0) is 58.3 Å². The van der Waals surface area contributed by atoms with Gasteiger partial charge in [0.1, 0.15) is 5.60 Å². The molecule has 1 N–H and O–H groups in total. The minimum atomic E-state index is -0.431. The maximum absolute atomic E-state index is 12.1. The van der Waals surface area contributed by atoms with Gasteiger partial charge in [-0.15, -0.1) is 0 Å². The summed E-state index contributed by atoms with van der Waals surface area (Å²) in [5.41, 5.74) is -0.431. The highest BCUT2D eigenvalue weighted by molar-refractivity contribution is 5.78. The van der Waals surface area contributed by atoms with Crippen LogP contribution in [0.25, 0.3) is 0 Å². The van der Waals surface area contributed by atoms with Crippen LogP contribution in [0.2, 0.25) is 0 Å². The Morgan fingerprint density at radius 1 is 1.33 bits per heavy atom. The monoisotopic (exact) mass is 296 g/mol. The first-order valence-electron chi connectivity index (χ1n) is 8.08. The van der Waals surface area contributed by atoms with Crippen molar-refractivity contribution in [3.05, 3.63) is 0 Å². The molecule has 0 bridgehead atoms. The summed E-state index contributed by atoms with van der Waals surface area (Å²) in [7, 11) is 0. The van der Waals surface area contributed by atoms with Crippen LogP contribution in [0.4, 0.5) is 4.79 Å². The lowest BCUT2D eigenvalue weighted by Crippen LogP contribution is -2.42. The largest absolute Gasteiger partial charge is 0.444 e. The number of carbonyl (C=O) groups is 2. The van der Waals surface area contributed by atoms with E-state index in [-0.39, 0.29) is 12.0 Å². The van der Waals surface area contributed by atoms with Gasteiger partial charge >= 0.3 is 6.09 Å². The fraction of sp³-hybridized carbons (Fsp3) is 0.875. The fourth-order valence-electron chi connectivity index (χ4n) is 3.13. The van der Waals surface area contributed by atoms with Crippen LogP contribution in [0.3, 0.4) is 0 Å². The zero-order valence-corrected chi connectivity index (χ0v) is 13.5. The highest BCUT2D eigenvalue weighted by atomic mass is 16.6. The Morgan fingerprint density at radius 3 is 2.67 bits per heavy atom. The van der Waals surface area contributed by atoms with Gasteiger partial charge in [0.2, 0.25) is 5.91 Å². The highest BCUT2D eigenvalue weighted by Crippen LogP contribution is 2.26. The lowest BCUT2D eigenvalue weighted by molar-refractivity contribution is -0.119. The Balaban J connectivity index is 1.75. The first kappa shape index (κ1) is 16.1. The first-order valence-corrected chi connectivity index (χ1v) is 8.08. The van der Waals surface area contributed by atoms with Crippen LogP contribution in [0.1, 0.15) is 52.9 Å². The molecule has 2 atom stereocenters. The van der Waals surface area contributed by atoms with Crippen molar-refractivity contribution in [2.24, 2.45) is 11.8 Å². The quantitative estimate of drug-likeness (QED) is 0.870. The van der Waals surface area contributed by atoms with Gasteiger partial charge in [0, 0.05) is 26.1 Å². The van der Waals surface area contributed by atoms with Crippen molar-refractivity contribution in [1.82, 2.24) is 10.2 Å². The average molecular weight is 296 g/mol. The molecule has 2 fully saturated rings. The SMILES string of the molecule is CC(C)(C)OC(=O)N1CCCC(CCC2CNC(=O)C2)C1. The van der Waals surface area contributed by atoms with Crippen LogP contribution < -0.4 is 5.32 Å². The molecule has 0 radical (unpaired) electrons. The number of ether oxygens (including phenoxy) is 1. The summed E-state index contributed by atoms with van der Waals surface area (Å²) in [4.78, 5) is 25.2. The molecule has 0 aliphatic carbocycles. The molecule has 2 saturated heterocycles. The van der Waals surface area contributed by atoms with Gasteiger partial charge in [0.15, 0.2) is 0 Å². The van der Waals surface area contributed by atoms with E-state index in [4.69, 9.17) is 4.74 Å². The van der Waals surface area contributed by atoms with Crippen LogP contribution in [0, 0.1) is 11.8 Å². The van der Waals surface area contributed by atoms with Gasteiger partial charge in [0.25, 0.3) is 0 Å². The van der Waals surface area contributed by atoms with Crippen LogP contribution in [0.5, 0.6) is 0 Å². The molecule has 5 heteroatoms. The van der Waals surface area contributed by atoms with E-state index >= 15 is 0 Å². The summed E-state index contributed by atoms with van der Waals surface area (Å²) >= 11 is 0. The molecule has 5 nitrogen and oxygen atoms in total. The van der Waals surface area contributed by atoms with Crippen molar-refractivity contribution in [3.63, 3.8) is 0 Å². The van der Waals surface area contributed by atoms with E-state index in [9.17, 15) is 9.59 Å². The molecule has 2 unspecified atom stereocenters. The summed E-state index contributed by atoms with van der Waals surface area (Å²) < 4.78 is 5.45. The molecule has 0 aromatic carbocycles. The topological polar surface area (TPSA) is 58.6 Å². The van der Waals surface area contributed by atoms with Crippen molar-refractivity contribution in [3.8, 4) is 0 Å². The number of hydrogen-bond acceptors (Lipinski definition) is 3. The Bertz CT molecular complexity index is 389. The van der Waals surface area contributed by atoms with Crippen LogP contribution in [0.15, 0.2) is 0 Å². The Hall–Kier alpha value is -1.26. The van der Waals surface area contributed by atoms with Crippen LogP contribution in [-0.4, -0.2) is 42.1 Å². The molecule has 0 aromatic heterocycles. The summed E-state index contributed by atoms with van der Waals surface area (Å²) in [5, 5.41) is 2.89. The number of rotatable bonds is 3. The zero-order valence-electron chi connectivity index (χ0n) is 13.5. The van der Waals surface area contributed by atoms with Crippen molar-refractivity contribution in [1.29, 1.82) is 0 Å². The number of nitrogens with zero attached hydrogens (tertiary/aromatic N) is 1. The molecule has 0 aromatic rings. The van der Waals surface area contributed by atoms with Crippen molar-refractivity contribution >= 4 is 12.0 Å². The Labute approximate surface area is 127 Å². The Morgan fingerprint density at radius 2 is 2.05 bits per heavy atom.